The summed E-state index contributed by atoms with van der Waals surface area (Å²) in [6.45, 7) is 0. The largest absolute Gasteiger partial charge is 0.497 e. The van der Waals surface area contributed by atoms with Gasteiger partial charge in [-0.05, 0) is 35.4 Å². The van der Waals surface area contributed by atoms with E-state index in [9.17, 15) is 18.9 Å². The highest BCUT2D eigenvalue weighted by Crippen LogP contribution is 2.34. The summed E-state index contributed by atoms with van der Waals surface area (Å²) in [4.78, 5) is 30.1. The van der Waals surface area contributed by atoms with Crippen LogP contribution in [0.2, 0.25) is 0 Å². The minimum atomic E-state index is -3.55. The Hall–Kier alpha value is -4.48. The van der Waals surface area contributed by atoms with Gasteiger partial charge in [-0.25, -0.2) is 18.8 Å². The number of hydrogen-bond donors (Lipinski definition) is 3. The molecule has 3 aromatic carbocycles. The van der Waals surface area contributed by atoms with Crippen LogP contribution in [0, 0.1) is 4.78 Å². The molecule has 0 aliphatic carbocycles. The molecule has 38 heavy (non-hydrogen) atoms. The molecular weight excluding hydrogens is 524 g/mol. The molecule has 2 aromatic heterocycles. The fourth-order valence-electron chi connectivity index (χ4n) is 4.14. The van der Waals surface area contributed by atoms with Gasteiger partial charge in [0.05, 0.1) is 18.0 Å². The average molecular weight is 547 g/mol. The van der Waals surface area contributed by atoms with E-state index >= 15 is 0 Å². The Bertz CT molecular complexity index is 1740. The minimum Gasteiger partial charge on any atom is -0.497 e. The van der Waals surface area contributed by atoms with Gasteiger partial charge < -0.3 is 14.4 Å². The van der Waals surface area contributed by atoms with Crippen LogP contribution in [-0.2, 0) is 9.92 Å². The number of anilines is 1. The van der Waals surface area contributed by atoms with Crippen LogP contribution in [0.3, 0.4) is 0 Å². The summed E-state index contributed by atoms with van der Waals surface area (Å²) in [5, 5.41) is 9.88. The van der Waals surface area contributed by atoms with Crippen LogP contribution in [0.25, 0.3) is 10.3 Å². The van der Waals surface area contributed by atoms with Crippen molar-refractivity contribution < 1.29 is 18.8 Å². The third-order valence-corrected chi connectivity index (χ3v) is 8.46. The smallest absolute Gasteiger partial charge is 0.341 e. The van der Waals surface area contributed by atoms with Crippen LogP contribution >= 0.6 is 11.3 Å². The number of carbonyl (C=O) groups is 1. The van der Waals surface area contributed by atoms with Gasteiger partial charge in [0, 0.05) is 6.20 Å². The highest BCUT2D eigenvalue weighted by Gasteiger charge is 2.25. The van der Waals surface area contributed by atoms with Crippen LogP contribution < -0.4 is 14.9 Å². The van der Waals surface area contributed by atoms with E-state index in [1.165, 1.54) is 25.4 Å². The first-order chi connectivity index (χ1) is 18.3. The summed E-state index contributed by atoms with van der Waals surface area (Å²) < 4.78 is 31.2. The second-order valence-corrected chi connectivity index (χ2v) is 11.1. The second-order valence-electron chi connectivity index (χ2n) is 8.31. The van der Waals surface area contributed by atoms with Gasteiger partial charge in [0.15, 0.2) is 15.0 Å². The molecule has 9 nitrogen and oxygen atoms in total. The first kappa shape index (κ1) is 25.2. The Morgan fingerprint density at radius 3 is 2.13 bits per heavy atom. The van der Waals surface area contributed by atoms with E-state index in [4.69, 9.17) is 9.52 Å². The molecular formula is C27H22N4O5S2. The fourth-order valence-corrected chi connectivity index (χ4v) is 6.41. The molecule has 0 aliphatic heterocycles. The van der Waals surface area contributed by atoms with Gasteiger partial charge in [-0.3, -0.25) is 9.52 Å². The maximum absolute atomic E-state index is 13.3. The minimum absolute atomic E-state index is 0.0593. The molecule has 5 aromatic rings. The number of pyridine rings is 1. The van der Waals surface area contributed by atoms with Crippen molar-refractivity contribution in [1.82, 2.24) is 9.55 Å². The molecule has 0 radical (unpaired) electrons. The van der Waals surface area contributed by atoms with E-state index in [1.807, 2.05) is 60.7 Å². The van der Waals surface area contributed by atoms with Crippen molar-refractivity contribution in [2.45, 2.75) is 10.9 Å². The quantitative estimate of drug-likeness (QED) is 0.244. The number of carboxylic acids is 1. The number of fused-ring (bicyclic) bond motifs is 1. The number of aromatic carboxylic acids is 1. The summed E-state index contributed by atoms with van der Waals surface area (Å²) in [5.74, 6) is -0.828. The predicted octanol–water partition coefficient (Wildman–Crippen LogP) is 5.24. The number of aromatic nitrogens is 2. The van der Waals surface area contributed by atoms with E-state index in [-0.39, 0.29) is 15.5 Å². The summed E-state index contributed by atoms with van der Waals surface area (Å²) in [5.41, 5.74) is 0.455. The third-order valence-electron chi connectivity index (χ3n) is 5.93. The maximum Gasteiger partial charge on any atom is 0.341 e. The summed E-state index contributed by atoms with van der Waals surface area (Å²) in [6, 6.07) is 24.7. The van der Waals surface area contributed by atoms with E-state index in [0.29, 0.717) is 10.6 Å². The summed E-state index contributed by atoms with van der Waals surface area (Å²) in [7, 11) is -2.04. The van der Waals surface area contributed by atoms with Gasteiger partial charge in [-0.2, -0.15) is 0 Å². The zero-order valence-corrected chi connectivity index (χ0v) is 21.7. The standard InChI is InChI=1S/C27H22N4O5S2/c1-36-19-12-14-20(15-13-19)38(28,35)30-27-29-22-24(32)21(26(33)34)16-31(25(22)37-27)23(17-8-4-2-5-9-17)18-10-6-3-7-11-18/h2-16,23H,1H3,(H,33,34)(H2,28,29,30,35). The number of ether oxygens (including phenoxy) is 1. The number of carboxylic acid groups (broad SMARTS) is 1. The van der Waals surface area contributed by atoms with Crippen molar-refractivity contribution >= 4 is 42.7 Å². The molecule has 0 bridgehead atoms. The normalized spacial score (nSPS) is 12.8. The lowest BCUT2D eigenvalue weighted by molar-refractivity contribution is 0.0694. The first-order valence-corrected chi connectivity index (χ1v) is 13.8. The Morgan fingerprint density at radius 2 is 1.61 bits per heavy atom. The number of methoxy groups -OCH3 is 1. The SMILES string of the molecule is COc1ccc(S(=N)(=O)Nc2nc3c(=O)c(C(=O)O)cn(C(c4ccccc4)c4ccccc4)c3s2)cc1. The van der Waals surface area contributed by atoms with Gasteiger partial charge in [0.25, 0.3) is 0 Å². The van der Waals surface area contributed by atoms with E-state index in [1.54, 1.807) is 16.7 Å². The average Bonchev–Trinajstić information content (AvgIpc) is 3.35. The third kappa shape index (κ3) is 4.76. The molecule has 11 heteroatoms. The molecule has 3 N–H and O–H groups in total. The molecule has 0 spiro atoms. The van der Waals surface area contributed by atoms with Crippen LogP contribution in [0.15, 0.2) is 101 Å². The lowest BCUT2D eigenvalue weighted by atomic mass is 9.98. The van der Waals surface area contributed by atoms with Crippen LogP contribution in [0.1, 0.15) is 27.5 Å². The lowest BCUT2D eigenvalue weighted by Crippen LogP contribution is -2.21. The molecule has 192 valence electrons. The predicted molar refractivity (Wildman–Crippen MR) is 147 cm³/mol. The monoisotopic (exact) mass is 546 g/mol. The molecule has 1 atom stereocenters. The number of nitrogens with zero attached hydrogens (tertiary/aromatic N) is 2. The number of nitrogens with one attached hydrogen (secondary N) is 2. The Balaban J connectivity index is 1.70. The zero-order chi connectivity index (χ0) is 26.9. The van der Waals surface area contributed by atoms with E-state index in [2.05, 4.69) is 9.71 Å². The molecule has 0 fully saturated rings. The number of thiazole rings is 1. The molecule has 1 unspecified atom stereocenters. The van der Waals surface area contributed by atoms with E-state index in [0.717, 1.165) is 22.5 Å². The second kappa shape index (κ2) is 10.1. The van der Waals surface area contributed by atoms with Gasteiger partial charge in [-0.1, -0.05) is 72.0 Å². The van der Waals surface area contributed by atoms with Crippen molar-refractivity contribution in [3.8, 4) is 5.75 Å². The van der Waals surface area contributed by atoms with Crippen LogP contribution in [0.4, 0.5) is 5.13 Å². The van der Waals surface area contributed by atoms with Crippen LogP contribution in [0.5, 0.6) is 5.75 Å². The molecule has 0 saturated carbocycles. The van der Waals surface area contributed by atoms with Gasteiger partial charge in [-0.15, -0.1) is 0 Å². The van der Waals surface area contributed by atoms with Gasteiger partial charge in [0.2, 0.25) is 5.43 Å². The van der Waals surface area contributed by atoms with Crippen molar-refractivity contribution in [3.63, 3.8) is 0 Å². The highest BCUT2D eigenvalue weighted by atomic mass is 32.2. The van der Waals surface area contributed by atoms with Crippen LogP contribution in [-0.4, -0.2) is 31.9 Å². The summed E-state index contributed by atoms with van der Waals surface area (Å²) >= 11 is 1.03. The van der Waals surface area contributed by atoms with E-state index < -0.39 is 32.9 Å². The summed E-state index contributed by atoms with van der Waals surface area (Å²) in [6.07, 6.45) is 1.32. The van der Waals surface area contributed by atoms with Gasteiger partial charge >= 0.3 is 5.97 Å². The van der Waals surface area contributed by atoms with Gasteiger partial charge in [0.1, 0.15) is 21.7 Å². The zero-order valence-electron chi connectivity index (χ0n) is 20.0. The first-order valence-electron chi connectivity index (χ1n) is 11.4. The van der Waals surface area contributed by atoms with Crippen molar-refractivity contribution in [3.05, 3.63) is 118 Å². The molecule has 2 heterocycles. The van der Waals surface area contributed by atoms with Crippen molar-refractivity contribution in [2.24, 2.45) is 0 Å². The Kier molecular flexibility index (Phi) is 6.70. The number of rotatable bonds is 8. The maximum atomic E-state index is 13.3. The molecule has 0 aliphatic rings. The molecule has 5 rings (SSSR count). The van der Waals surface area contributed by atoms with Crippen molar-refractivity contribution in [2.75, 3.05) is 11.8 Å². The van der Waals surface area contributed by atoms with Crippen molar-refractivity contribution in [1.29, 1.82) is 4.78 Å². The highest BCUT2D eigenvalue weighted by molar-refractivity contribution is 7.94. The topological polar surface area (TPSA) is 134 Å². The number of benzene rings is 3. The lowest BCUT2D eigenvalue weighted by Gasteiger charge is -2.23. The molecule has 0 amide bonds. The Labute approximate surface area is 222 Å². The fraction of sp³-hybridized carbons (Fsp3) is 0.0741. The number of hydrogen-bond acceptors (Lipinski definition) is 7. The Morgan fingerprint density at radius 1 is 1.03 bits per heavy atom. The molecule has 0 saturated heterocycles.